The van der Waals surface area contributed by atoms with E-state index in [1.165, 1.54) is 11.9 Å². The molecule has 0 aromatic heterocycles. The maximum atomic E-state index is 12.3. The fourth-order valence-electron chi connectivity index (χ4n) is 3.26. The quantitative estimate of drug-likeness (QED) is 0.741. The maximum absolute atomic E-state index is 12.3. The van der Waals surface area contributed by atoms with E-state index >= 15 is 0 Å². The molecule has 7 heteroatoms. The van der Waals surface area contributed by atoms with Gasteiger partial charge in [0.15, 0.2) is 18.1 Å². The van der Waals surface area contributed by atoms with Crippen LogP contribution in [0.1, 0.15) is 30.5 Å². The van der Waals surface area contributed by atoms with Crippen molar-refractivity contribution in [3.8, 4) is 17.2 Å². The molecular weight excluding hydrogens is 372 g/mol. The van der Waals surface area contributed by atoms with E-state index in [2.05, 4.69) is 5.10 Å². The van der Waals surface area contributed by atoms with Crippen LogP contribution >= 0.6 is 0 Å². The van der Waals surface area contributed by atoms with Crippen molar-refractivity contribution in [3.63, 3.8) is 0 Å². The number of amides is 1. The molecule has 0 saturated carbocycles. The summed E-state index contributed by atoms with van der Waals surface area (Å²) in [6, 6.07) is 11.2. The normalized spacial score (nSPS) is 18.1. The van der Waals surface area contributed by atoms with Gasteiger partial charge in [-0.25, -0.2) is 0 Å². The van der Waals surface area contributed by atoms with Gasteiger partial charge in [0.2, 0.25) is 17.5 Å². The first-order chi connectivity index (χ1) is 13.8. The second-order valence-electron chi connectivity index (χ2n) is 6.97. The predicted octanol–water partition coefficient (Wildman–Crippen LogP) is 3.76. The van der Waals surface area contributed by atoms with Crippen molar-refractivity contribution >= 4 is 11.8 Å². The minimum Gasteiger partial charge on any atom is -0.493 e. The Bertz CT molecular complexity index is 956. The van der Waals surface area contributed by atoms with Crippen molar-refractivity contribution < 1.29 is 23.7 Å². The Morgan fingerprint density at radius 2 is 1.83 bits per heavy atom. The minimum absolute atomic E-state index is 0.108. The lowest BCUT2D eigenvalue weighted by atomic mass is 10.0. The number of benzene rings is 2. The number of methoxy groups -OCH3 is 2. The second kappa shape index (κ2) is 8.03. The molecule has 1 heterocycles. The number of rotatable bonds is 6. The van der Waals surface area contributed by atoms with E-state index in [1.54, 1.807) is 33.3 Å². The van der Waals surface area contributed by atoms with Gasteiger partial charge in [0.1, 0.15) is 5.75 Å². The Balaban J connectivity index is 1.86. The van der Waals surface area contributed by atoms with Crippen molar-refractivity contribution in [3.05, 3.63) is 53.1 Å². The van der Waals surface area contributed by atoms with Gasteiger partial charge >= 0.3 is 0 Å². The Kier molecular flexibility index (Phi) is 5.68. The van der Waals surface area contributed by atoms with Crippen LogP contribution < -0.4 is 14.2 Å². The zero-order valence-electron chi connectivity index (χ0n) is 17.6. The van der Waals surface area contributed by atoms with Crippen LogP contribution in [0, 0.1) is 13.8 Å². The molecule has 0 saturated heterocycles. The van der Waals surface area contributed by atoms with E-state index in [9.17, 15) is 4.79 Å². The number of aryl methyl sites for hydroxylation is 1. The molecule has 0 aliphatic carbocycles. The smallest absolute Gasteiger partial charge is 0.247 e. The van der Waals surface area contributed by atoms with Gasteiger partial charge in [0.05, 0.1) is 14.2 Å². The first kappa shape index (κ1) is 20.5. The third-order valence-corrected chi connectivity index (χ3v) is 5.06. The molecule has 0 fully saturated rings. The molecule has 3 rings (SSSR count). The molecule has 154 valence electrons. The highest BCUT2D eigenvalue weighted by Gasteiger charge is 2.45. The fraction of sp³-hybridized carbons (Fsp3) is 0.364. The van der Waals surface area contributed by atoms with Crippen molar-refractivity contribution in [2.75, 3.05) is 20.8 Å². The zero-order valence-corrected chi connectivity index (χ0v) is 17.6. The topological polar surface area (TPSA) is 69.6 Å². The molecule has 0 N–H and O–H groups in total. The van der Waals surface area contributed by atoms with Crippen LogP contribution in [0.4, 0.5) is 0 Å². The Labute approximate surface area is 170 Å². The van der Waals surface area contributed by atoms with Gasteiger partial charge in [-0.2, -0.15) is 5.01 Å². The van der Waals surface area contributed by atoms with Crippen LogP contribution in [-0.4, -0.2) is 37.6 Å². The molecule has 1 aliphatic heterocycles. The Morgan fingerprint density at radius 3 is 2.48 bits per heavy atom. The van der Waals surface area contributed by atoms with Gasteiger partial charge in [0.25, 0.3) is 0 Å². The first-order valence-electron chi connectivity index (χ1n) is 9.29. The van der Waals surface area contributed by atoms with Crippen LogP contribution in [-0.2, 0) is 15.3 Å². The van der Waals surface area contributed by atoms with Crippen LogP contribution in [0.15, 0.2) is 41.5 Å². The van der Waals surface area contributed by atoms with Gasteiger partial charge in [-0.15, -0.1) is 5.10 Å². The van der Waals surface area contributed by atoms with E-state index in [4.69, 9.17) is 18.9 Å². The first-order valence-corrected chi connectivity index (χ1v) is 9.29. The van der Waals surface area contributed by atoms with Crippen LogP contribution in [0.3, 0.4) is 0 Å². The van der Waals surface area contributed by atoms with E-state index in [0.717, 1.165) is 16.9 Å². The molecule has 7 nitrogen and oxygen atoms in total. The van der Waals surface area contributed by atoms with Crippen molar-refractivity contribution in [2.45, 2.75) is 33.4 Å². The summed E-state index contributed by atoms with van der Waals surface area (Å²) in [5, 5.41) is 5.68. The van der Waals surface area contributed by atoms with Gasteiger partial charge in [0, 0.05) is 19.4 Å². The van der Waals surface area contributed by atoms with Crippen LogP contribution in [0.25, 0.3) is 0 Å². The number of carbonyl (C=O) groups is 1. The van der Waals surface area contributed by atoms with Gasteiger partial charge < -0.3 is 18.9 Å². The molecule has 0 radical (unpaired) electrons. The standard InChI is InChI=1S/C22H26N2O5/c1-14-8-7-9-18(15(14)2)28-13-21-23-24(16(3)25)22(4,29-21)17-10-11-19(26-5)20(12-17)27-6/h7-12H,13H2,1-6H3/t22-/m0/s1. The number of ether oxygens (including phenoxy) is 4. The summed E-state index contributed by atoms with van der Waals surface area (Å²) in [6.45, 7) is 7.36. The molecule has 0 spiro atoms. The summed E-state index contributed by atoms with van der Waals surface area (Å²) in [6.07, 6.45) is 0. The largest absolute Gasteiger partial charge is 0.493 e. The van der Waals surface area contributed by atoms with Crippen LogP contribution in [0.5, 0.6) is 17.2 Å². The SMILES string of the molecule is COc1ccc([C@]2(C)OC(COc3cccc(C)c3C)=NN2C(C)=O)cc1OC. The van der Waals surface area contributed by atoms with Crippen molar-refractivity contribution in [1.82, 2.24) is 5.01 Å². The third-order valence-electron chi connectivity index (χ3n) is 5.06. The highest BCUT2D eigenvalue weighted by atomic mass is 16.6. The van der Waals surface area contributed by atoms with Crippen molar-refractivity contribution in [1.29, 1.82) is 0 Å². The second-order valence-corrected chi connectivity index (χ2v) is 6.97. The lowest BCUT2D eigenvalue weighted by molar-refractivity contribution is -0.146. The lowest BCUT2D eigenvalue weighted by Crippen LogP contribution is -2.41. The minimum atomic E-state index is -1.12. The molecule has 1 aliphatic rings. The number of nitrogens with zero attached hydrogens (tertiary/aromatic N) is 2. The molecule has 2 aromatic carbocycles. The molecule has 2 aromatic rings. The number of hydrazone groups is 1. The summed E-state index contributed by atoms with van der Waals surface area (Å²) < 4.78 is 22.7. The number of hydrogen-bond donors (Lipinski definition) is 0. The summed E-state index contributed by atoms with van der Waals surface area (Å²) >= 11 is 0. The van der Waals surface area contributed by atoms with E-state index in [0.29, 0.717) is 23.0 Å². The molecule has 1 atom stereocenters. The summed E-state index contributed by atoms with van der Waals surface area (Å²) in [5.41, 5.74) is 1.77. The predicted molar refractivity (Wildman–Crippen MR) is 109 cm³/mol. The fourth-order valence-corrected chi connectivity index (χ4v) is 3.26. The summed E-state index contributed by atoms with van der Waals surface area (Å²) in [4.78, 5) is 12.3. The molecule has 1 amide bonds. The molecule has 0 unspecified atom stereocenters. The molecular formula is C22H26N2O5. The maximum Gasteiger partial charge on any atom is 0.247 e. The lowest BCUT2D eigenvalue weighted by Gasteiger charge is -2.31. The van der Waals surface area contributed by atoms with Gasteiger partial charge in [-0.05, 0) is 49.2 Å². The highest BCUT2D eigenvalue weighted by molar-refractivity contribution is 5.84. The molecule has 0 bridgehead atoms. The van der Waals surface area contributed by atoms with Gasteiger partial charge in [-0.3, -0.25) is 4.79 Å². The average Bonchev–Trinajstić information content (AvgIpc) is 3.06. The average molecular weight is 398 g/mol. The summed E-state index contributed by atoms with van der Waals surface area (Å²) in [5.74, 6) is 1.96. The van der Waals surface area contributed by atoms with E-state index < -0.39 is 5.72 Å². The number of hydrogen-bond acceptors (Lipinski definition) is 6. The zero-order chi connectivity index (χ0) is 21.2. The monoisotopic (exact) mass is 398 g/mol. The van der Waals surface area contributed by atoms with Crippen molar-refractivity contribution in [2.24, 2.45) is 5.10 Å². The van der Waals surface area contributed by atoms with E-state index in [1.807, 2.05) is 38.1 Å². The molecule has 29 heavy (non-hydrogen) atoms. The number of carbonyl (C=O) groups excluding carboxylic acids is 1. The van der Waals surface area contributed by atoms with Gasteiger partial charge in [-0.1, -0.05) is 12.1 Å². The Hall–Kier alpha value is -3.22. The van der Waals surface area contributed by atoms with Crippen LogP contribution in [0.2, 0.25) is 0 Å². The Morgan fingerprint density at radius 1 is 1.10 bits per heavy atom. The summed E-state index contributed by atoms with van der Waals surface area (Å²) in [7, 11) is 3.13. The highest BCUT2D eigenvalue weighted by Crippen LogP contribution is 2.39. The van der Waals surface area contributed by atoms with E-state index in [-0.39, 0.29) is 12.5 Å². The third kappa shape index (κ3) is 3.85.